The predicted molar refractivity (Wildman–Crippen MR) is 116 cm³/mol. The van der Waals surface area contributed by atoms with Gasteiger partial charge in [-0.1, -0.05) is 48.9 Å². The largest absolute Gasteiger partial charge is 0.352 e. The molecule has 0 radical (unpaired) electrons. The van der Waals surface area contributed by atoms with E-state index in [0.29, 0.717) is 12.1 Å². The molecular formula is C23H22N4OS. The van der Waals surface area contributed by atoms with Crippen LogP contribution in [0.1, 0.15) is 46.8 Å². The number of benzene rings is 2. The number of aryl methyl sites for hydroxylation is 1. The van der Waals surface area contributed by atoms with Crippen molar-refractivity contribution in [3.63, 3.8) is 0 Å². The molecule has 1 aromatic heterocycles. The van der Waals surface area contributed by atoms with Gasteiger partial charge in [0.1, 0.15) is 11.4 Å². The first-order chi connectivity index (χ1) is 14.2. The summed E-state index contributed by atoms with van der Waals surface area (Å²) in [7, 11) is 0. The Bertz CT molecular complexity index is 1090. The first kappa shape index (κ1) is 19.3. The Labute approximate surface area is 174 Å². The van der Waals surface area contributed by atoms with Crippen molar-refractivity contribution < 1.29 is 4.79 Å². The molecule has 0 fully saturated rings. The van der Waals surface area contributed by atoms with Crippen molar-refractivity contribution in [3.05, 3.63) is 77.2 Å². The molecule has 0 saturated heterocycles. The van der Waals surface area contributed by atoms with Crippen molar-refractivity contribution in [1.82, 2.24) is 15.3 Å². The summed E-state index contributed by atoms with van der Waals surface area (Å²) in [5.74, 6) is -0.0693. The van der Waals surface area contributed by atoms with E-state index in [1.54, 1.807) is 24.3 Å². The number of unbranched alkanes of at least 4 members (excludes halogenated alkanes) is 1. The molecule has 1 aliphatic heterocycles. The summed E-state index contributed by atoms with van der Waals surface area (Å²) in [6.45, 7) is 4.85. The standard InChI is InChI=1S/C23H22N4OS/c1-3-4-10-25-22(28)17-8-9-20-19(12-17)27-21(16-7-5-6-15(2)11-16)18-13-24-14-26-23(18)29-20/h5-9,11-14H,3-4,10H2,1-2H3,(H,25,28). The van der Waals surface area contributed by atoms with Crippen LogP contribution in [-0.4, -0.2) is 28.1 Å². The minimum atomic E-state index is -0.0693. The van der Waals surface area contributed by atoms with Gasteiger partial charge in [-0.2, -0.15) is 0 Å². The summed E-state index contributed by atoms with van der Waals surface area (Å²) in [5, 5.41) is 3.83. The van der Waals surface area contributed by atoms with Gasteiger partial charge >= 0.3 is 0 Å². The molecule has 2 aromatic carbocycles. The highest BCUT2D eigenvalue weighted by Crippen LogP contribution is 2.40. The maximum Gasteiger partial charge on any atom is 0.251 e. The van der Waals surface area contributed by atoms with Crippen LogP contribution in [0.3, 0.4) is 0 Å². The number of amides is 1. The second-order valence-electron chi connectivity index (χ2n) is 6.97. The minimum Gasteiger partial charge on any atom is -0.352 e. The number of nitrogens with one attached hydrogen (secondary N) is 1. The number of aliphatic imine (C=N–C) groups is 1. The number of fused-ring (bicyclic) bond motifs is 2. The molecule has 0 bridgehead atoms. The lowest BCUT2D eigenvalue weighted by Crippen LogP contribution is -2.24. The maximum absolute atomic E-state index is 12.5. The summed E-state index contributed by atoms with van der Waals surface area (Å²) in [5.41, 5.74) is 5.27. The Morgan fingerprint density at radius 1 is 1.17 bits per heavy atom. The molecule has 29 heavy (non-hydrogen) atoms. The van der Waals surface area contributed by atoms with Gasteiger partial charge in [0.2, 0.25) is 0 Å². The molecule has 1 aliphatic rings. The van der Waals surface area contributed by atoms with E-state index in [1.807, 2.05) is 30.3 Å². The van der Waals surface area contributed by atoms with Gasteiger partial charge in [-0.15, -0.1) is 0 Å². The number of rotatable bonds is 5. The lowest BCUT2D eigenvalue weighted by molar-refractivity contribution is 0.0953. The molecule has 0 aliphatic carbocycles. The minimum absolute atomic E-state index is 0.0693. The molecule has 1 amide bonds. The van der Waals surface area contributed by atoms with Crippen molar-refractivity contribution in [3.8, 4) is 0 Å². The lowest BCUT2D eigenvalue weighted by atomic mass is 10.0. The molecule has 1 N–H and O–H groups in total. The van der Waals surface area contributed by atoms with E-state index in [9.17, 15) is 4.79 Å². The molecule has 0 saturated carbocycles. The molecule has 0 unspecified atom stereocenters. The summed E-state index contributed by atoms with van der Waals surface area (Å²) in [4.78, 5) is 27.1. The van der Waals surface area contributed by atoms with Gasteiger partial charge in [0.25, 0.3) is 5.91 Å². The third kappa shape index (κ3) is 4.22. The summed E-state index contributed by atoms with van der Waals surface area (Å²) in [6.07, 6.45) is 5.38. The monoisotopic (exact) mass is 402 g/mol. The third-order valence-corrected chi connectivity index (χ3v) is 5.78. The fraction of sp³-hybridized carbons (Fsp3) is 0.217. The molecular weight excluding hydrogens is 380 g/mol. The first-order valence-electron chi connectivity index (χ1n) is 9.72. The quantitative estimate of drug-likeness (QED) is 0.379. The Morgan fingerprint density at radius 2 is 2.07 bits per heavy atom. The van der Waals surface area contributed by atoms with Crippen LogP contribution < -0.4 is 5.32 Å². The van der Waals surface area contributed by atoms with Gasteiger partial charge in [0.05, 0.1) is 17.0 Å². The van der Waals surface area contributed by atoms with E-state index in [-0.39, 0.29) is 5.91 Å². The van der Waals surface area contributed by atoms with E-state index in [1.165, 1.54) is 0 Å². The Kier molecular flexibility index (Phi) is 5.71. The highest BCUT2D eigenvalue weighted by Gasteiger charge is 2.21. The third-order valence-electron chi connectivity index (χ3n) is 4.70. The van der Waals surface area contributed by atoms with Crippen molar-refractivity contribution in [1.29, 1.82) is 0 Å². The van der Waals surface area contributed by atoms with Crippen molar-refractivity contribution in [2.75, 3.05) is 6.54 Å². The van der Waals surface area contributed by atoms with Crippen molar-refractivity contribution >= 4 is 29.1 Å². The number of carbonyl (C=O) groups excluding carboxylic acids is 1. The first-order valence-corrected chi connectivity index (χ1v) is 10.5. The molecule has 2 heterocycles. The Hall–Kier alpha value is -2.99. The zero-order chi connectivity index (χ0) is 20.2. The highest BCUT2D eigenvalue weighted by atomic mass is 32.2. The van der Waals surface area contributed by atoms with E-state index < -0.39 is 0 Å². The molecule has 4 rings (SSSR count). The van der Waals surface area contributed by atoms with Crippen LogP contribution in [-0.2, 0) is 0 Å². The van der Waals surface area contributed by atoms with Crippen LogP contribution in [0.15, 0.2) is 69.9 Å². The Morgan fingerprint density at radius 3 is 2.90 bits per heavy atom. The van der Waals surface area contributed by atoms with Crippen LogP contribution in [0.4, 0.5) is 5.69 Å². The summed E-state index contributed by atoms with van der Waals surface area (Å²) < 4.78 is 0. The van der Waals surface area contributed by atoms with Gasteiger partial charge in [-0.05, 0) is 37.6 Å². The number of nitrogens with zero attached hydrogens (tertiary/aromatic N) is 3. The van der Waals surface area contributed by atoms with Crippen molar-refractivity contribution in [2.45, 2.75) is 36.6 Å². The smallest absolute Gasteiger partial charge is 0.251 e. The van der Waals surface area contributed by atoms with E-state index in [2.05, 4.69) is 41.3 Å². The Balaban J connectivity index is 1.79. The second kappa shape index (κ2) is 8.57. The number of aromatic nitrogens is 2. The van der Waals surface area contributed by atoms with Gasteiger partial charge < -0.3 is 5.32 Å². The van der Waals surface area contributed by atoms with Crippen LogP contribution in [0, 0.1) is 6.92 Å². The number of hydrogen-bond donors (Lipinski definition) is 1. The molecule has 0 spiro atoms. The fourth-order valence-electron chi connectivity index (χ4n) is 3.17. The average Bonchev–Trinajstić information content (AvgIpc) is 2.90. The maximum atomic E-state index is 12.5. The van der Waals surface area contributed by atoms with Gasteiger partial charge in [-0.25, -0.2) is 15.0 Å². The van der Waals surface area contributed by atoms with Crippen LogP contribution in [0.25, 0.3) is 0 Å². The lowest BCUT2D eigenvalue weighted by Gasteiger charge is -2.08. The fourth-order valence-corrected chi connectivity index (χ4v) is 4.09. The topological polar surface area (TPSA) is 67.2 Å². The number of carbonyl (C=O) groups is 1. The molecule has 5 nitrogen and oxygen atoms in total. The van der Waals surface area contributed by atoms with Gasteiger partial charge in [-0.3, -0.25) is 4.79 Å². The van der Waals surface area contributed by atoms with Crippen LogP contribution >= 0.6 is 11.8 Å². The normalized spacial score (nSPS) is 12.4. The van der Waals surface area contributed by atoms with Gasteiger partial charge in [0.15, 0.2) is 0 Å². The van der Waals surface area contributed by atoms with E-state index in [0.717, 1.165) is 50.9 Å². The van der Waals surface area contributed by atoms with Gasteiger partial charge in [0, 0.05) is 28.8 Å². The molecule has 6 heteroatoms. The number of hydrogen-bond acceptors (Lipinski definition) is 5. The second-order valence-corrected chi connectivity index (χ2v) is 8.00. The SMILES string of the molecule is CCCCNC(=O)c1ccc2c(c1)N=C(c1cccc(C)c1)c1cncnc1S2. The highest BCUT2D eigenvalue weighted by molar-refractivity contribution is 7.99. The van der Waals surface area contributed by atoms with E-state index in [4.69, 9.17) is 4.99 Å². The van der Waals surface area contributed by atoms with Crippen molar-refractivity contribution in [2.24, 2.45) is 4.99 Å². The summed E-state index contributed by atoms with van der Waals surface area (Å²) in [6, 6.07) is 13.9. The zero-order valence-corrected chi connectivity index (χ0v) is 17.3. The zero-order valence-electron chi connectivity index (χ0n) is 16.5. The molecule has 3 aromatic rings. The predicted octanol–water partition coefficient (Wildman–Crippen LogP) is 4.95. The molecule has 146 valence electrons. The van der Waals surface area contributed by atoms with Crippen LogP contribution in [0.2, 0.25) is 0 Å². The molecule has 0 atom stereocenters. The summed E-state index contributed by atoms with van der Waals surface area (Å²) >= 11 is 1.55. The van der Waals surface area contributed by atoms with Crippen LogP contribution in [0.5, 0.6) is 0 Å². The van der Waals surface area contributed by atoms with E-state index >= 15 is 0 Å². The average molecular weight is 403 g/mol.